The summed E-state index contributed by atoms with van der Waals surface area (Å²) in [5, 5.41) is 16.6. The van der Waals surface area contributed by atoms with Gasteiger partial charge in [-0.05, 0) is 6.07 Å². The van der Waals surface area contributed by atoms with Gasteiger partial charge in [-0.15, -0.1) is 0 Å². The zero-order chi connectivity index (χ0) is 10.2. The van der Waals surface area contributed by atoms with Crippen LogP contribution in [0.15, 0.2) is 12.3 Å². The summed E-state index contributed by atoms with van der Waals surface area (Å²) in [6.45, 7) is 2.35. The van der Waals surface area contributed by atoms with Gasteiger partial charge in [0.25, 0.3) is 0 Å². The number of aromatic amines is 1. The van der Waals surface area contributed by atoms with Crippen molar-refractivity contribution in [2.75, 3.05) is 13.1 Å². The van der Waals surface area contributed by atoms with Crippen LogP contribution in [-0.2, 0) is 11.2 Å². The van der Waals surface area contributed by atoms with Crippen molar-refractivity contribution in [3.05, 3.63) is 18.0 Å². The first-order valence-electron chi connectivity index (χ1n) is 4.55. The number of aliphatic hydroxyl groups is 1. The molecule has 0 unspecified atom stereocenters. The van der Waals surface area contributed by atoms with Gasteiger partial charge in [-0.1, -0.05) is 0 Å². The van der Waals surface area contributed by atoms with Crippen molar-refractivity contribution in [2.24, 2.45) is 0 Å². The van der Waals surface area contributed by atoms with Crippen LogP contribution in [0.2, 0.25) is 0 Å². The third kappa shape index (κ3) is 1.63. The van der Waals surface area contributed by atoms with Gasteiger partial charge in [0.15, 0.2) is 0 Å². The molecule has 0 radical (unpaired) electrons. The highest BCUT2D eigenvalue weighted by atomic mass is 16.3. The maximum atomic E-state index is 10.9. The Morgan fingerprint density at radius 3 is 3.00 bits per heavy atom. The Bertz CT molecular complexity index is 328. The predicted molar refractivity (Wildman–Crippen MR) is 49.5 cm³/mol. The molecule has 1 amide bonds. The molecule has 1 aromatic rings. The normalized spacial score (nSPS) is 19.1. The Hall–Kier alpha value is -1.36. The summed E-state index contributed by atoms with van der Waals surface area (Å²) in [4.78, 5) is 12.5. The number of amides is 1. The number of hydrogen-bond donors (Lipinski definition) is 2. The SMILES string of the molecule is CC(=O)N1CC(O)(Cc2ccn[nH]2)C1. The van der Waals surface area contributed by atoms with E-state index in [0.29, 0.717) is 19.5 Å². The smallest absolute Gasteiger partial charge is 0.219 e. The average Bonchev–Trinajstić information content (AvgIpc) is 2.51. The fourth-order valence-electron chi connectivity index (χ4n) is 1.74. The van der Waals surface area contributed by atoms with Gasteiger partial charge in [0, 0.05) is 25.2 Å². The fourth-order valence-corrected chi connectivity index (χ4v) is 1.74. The summed E-state index contributed by atoms with van der Waals surface area (Å²) in [6.07, 6.45) is 2.18. The minimum absolute atomic E-state index is 0.0132. The standard InChI is InChI=1S/C9H13N3O2/c1-7(13)12-5-9(14,6-12)4-8-2-3-10-11-8/h2-3,14H,4-6H2,1H3,(H,10,11). The number of nitrogens with zero attached hydrogens (tertiary/aromatic N) is 2. The first-order valence-corrected chi connectivity index (χ1v) is 4.55. The molecule has 1 aliphatic rings. The third-order valence-electron chi connectivity index (χ3n) is 2.49. The van der Waals surface area contributed by atoms with Crippen molar-refractivity contribution < 1.29 is 9.90 Å². The average molecular weight is 195 g/mol. The van der Waals surface area contributed by atoms with Crippen molar-refractivity contribution in [1.82, 2.24) is 15.1 Å². The van der Waals surface area contributed by atoms with E-state index in [0.717, 1.165) is 5.69 Å². The van der Waals surface area contributed by atoms with E-state index in [4.69, 9.17) is 0 Å². The zero-order valence-electron chi connectivity index (χ0n) is 8.03. The molecule has 2 heterocycles. The minimum atomic E-state index is -0.766. The number of rotatable bonds is 2. The monoisotopic (exact) mass is 195 g/mol. The Balaban J connectivity index is 1.92. The van der Waals surface area contributed by atoms with E-state index in [1.807, 2.05) is 6.07 Å². The summed E-state index contributed by atoms with van der Waals surface area (Å²) >= 11 is 0. The summed E-state index contributed by atoms with van der Waals surface area (Å²) in [7, 11) is 0. The van der Waals surface area contributed by atoms with E-state index < -0.39 is 5.60 Å². The molecule has 2 rings (SSSR count). The van der Waals surface area contributed by atoms with Crippen LogP contribution >= 0.6 is 0 Å². The van der Waals surface area contributed by atoms with Crippen LogP contribution in [-0.4, -0.2) is 44.8 Å². The van der Waals surface area contributed by atoms with Crippen LogP contribution in [0.25, 0.3) is 0 Å². The van der Waals surface area contributed by atoms with Crippen LogP contribution in [0, 0.1) is 0 Å². The molecule has 1 aromatic heterocycles. The molecular weight excluding hydrogens is 182 g/mol. The van der Waals surface area contributed by atoms with Crippen LogP contribution in [0.5, 0.6) is 0 Å². The number of β-amino-alcohol motifs (C(OH)–C–C–N with tert-alkyl or cyclic N) is 1. The molecule has 2 N–H and O–H groups in total. The van der Waals surface area contributed by atoms with E-state index in [9.17, 15) is 9.90 Å². The molecule has 0 spiro atoms. The van der Waals surface area contributed by atoms with Gasteiger partial charge in [0.05, 0.1) is 13.1 Å². The molecule has 0 saturated carbocycles. The van der Waals surface area contributed by atoms with Crippen LogP contribution in [0.1, 0.15) is 12.6 Å². The van der Waals surface area contributed by atoms with Crippen molar-refractivity contribution in [2.45, 2.75) is 18.9 Å². The highest BCUT2D eigenvalue weighted by molar-refractivity contribution is 5.74. The molecule has 76 valence electrons. The first-order chi connectivity index (χ1) is 6.59. The lowest BCUT2D eigenvalue weighted by Gasteiger charge is -2.45. The number of hydrogen-bond acceptors (Lipinski definition) is 3. The van der Waals surface area contributed by atoms with Gasteiger partial charge in [0.1, 0.15) is 5.60 Å². The van der Waals surface area contributed by atoms with E-state index in [-0.39, 0.29) is 5.91 Å². The number of nitrogens with one attached hydrogen (secondary N) is 1. The topological polar surface area (TPSA) is 69.2 Å². The second kappa shape index (κ2) is 3.09. The van der Waals surface area contributed by atoms with Crippen molar-refractivity contribution >= 4 is 5.91 Å². The second-order valence-electron chi connectivity index (χ2n) is 3.86. The zero-order valence-corrected chi connectivity index (χ0v) is 8.03. The molecular formula is C9H13N3O2. The molecule has 1 aliphatic heterocycles. The van der Waals surface area contributed by atoms with Crippen molar-refractivity contribution in [3.8, 4) is 0 Å². The number of likely N-dealkylation sites (tertiary alicyclic amines) is 1. The van der Waals surface area contributed by atoms with E-state index >= 15 is 0 Å². The number of carbonyl (C=O) groups is 1. The lowest BCUT2D eigenvalue weighted by atomic mass is 9.89. The molecule has 1 saturated heterocycles. The highest BCUT2D eigenvalue weighted by Crippen LogP contribution is 2.24. The predicted octanol–water partition coefficient (Wildman–Crippen LogP) is -0.455. The van der Waals surface area contributed by atoms with Crippen LogP contribution in [0.3, 0.4) is 0 Å². The lowest BCUT2D eigenvalue weighted by Crippen LogP contribution is -2.64. The third-order valence-corrected chi connectivity index (χ3v) is 2.49. The fraction of sp³-hybridized carbons (Fsp3) is 0.556. The van der Waals surface area contributed by atoms with E-state index in [1.165, 1.54) is 6.92 Å². The van der Waals surface area contributed by atoms with Gasteiger partial charge in [-0.3, -0.25) is 9.89 Å². The Morgan fingerprint density at radius 2 is 2.50 bits per heavy atom. The quantitative estimate of drug-likeness (QED) is 0.671. The second-order valence-corrected chi connectivity index (χ2v) is 3.86. The molecule has 14 heavy (non-hydrogen) atoms. The number of carbonyl (C=O) groups excluding carboxylic acids is 1. The van der Waals surface area contributed by atoms with E-state index in [1.54, 1.807) is 11.1 Å². The molecule has 0 atom stereocenters. The Kier molecular flexibility index (Phi) is 2.03. The molecule has 5 nitrogen and oxygen atoms in total. The van der Waals surface area contributed by atoms with Crippen molar-refractivity contribution in [3.63, 3.8) is 0 Å². The highest BCUT2D eigenvalue weighted by Gasteiger charge is 2.42. The maximum Gasteiger partial charge on any atom is 0.219 e. The molecule has 1 fully saturated rings. The lowest BCUT2D eigenvalue weighted by molar-refractivity contribution is -0.152. The molecule has 0 bridgehead atoms. The number of H-pyrrole nitrogens is 1. The summed E-state index contributed by atoms with van der Waals surface area (Å²) < 4.78 is 0. The molecule has 0 aliphatic carbocycles. The largest absolute Gasteiger partial charge is 0.386 e. The molecule has 5 heteroatoms. The molecule has 0 aromatic carbocycles. The van der Waals surface area contributed by atoms with Crippen molar-refractivity contribution in [1.29, 1.82) is 0 Å². The Morgan fingerprint density at radius 1 is 1.79 bits per heavy atom. The first kappa shape index (κ1) is 9.21. The summed E-state index contributed by atoms with van der Waals surface area (Å²) in [6, 6.07) is 1.83. The van der Waals surface area contributed by atoms with Gasteiger partial charge >= 0.3 is 0 Å². The van der Waals surface area contributed by atoms with E-state index in [2.05, 4.69) is 10.2 Å². The minimum Gasteiger partial charge on any atom is -0.386 e. The van der Waals surface area contributed by atoms with Crippen LogP contribution in [0.4, 0.5) is 0 Å². The number of aromatic nitrogens is 2. The van der Waals surface area contributed by atoms with Gasteiger partial charge in [0.2, 0.25) is 5.91 Å². The van der Waals surface area contributed by atoms with Crippen LogP contribution < -0.4 is 0 Å². The Labute approximate surface area is 81.7 Å². The van der Waals surface area contributed by atoms with Gasteiger partial charge in [-0.25, -0.2) is 0 Å². The summed E-state index contributed by atoms with van der Waals surface area (Å²) in [5.41, 5.74) is 0.133. The maximum absolute atomic E-state index is 10.9. The summed E-state index contributed by atoms with van der Waals surface area (Å²) in [5.74, 6) is 0.0132. The van der Waals surface area contributed by atoms with Gasteiger partial charge < -0.3 is 10.0 Å². The van der Waals surface area contributed by atoms with Gasteiger partial charge in [-0.2, -0.15) is 5.10 Å².